The third-order valence-corrected chi connectivity index (χ3v) is 6.65. The van der Waals surface area contributed by atoms with E-state index in [0.717, 1.165) is 13.1 Å². The topological polar surface area (TPSA) is 49.4 Å². The molecule has 0 spiro atoms. The van der Waals surface area contributed by atoms with Gasteiger partial charge in [-0.05, 0) is 53.0 Å². The van der Waals surface area contributed by atoms with Gasteiger partial charge in [0.2, 0.25) is 10.0 Å². The van der Waals surface area contributed by atoms with E-state index in [4.69, 9.17) is 0 Å². The summed E-state index contributed by atoms with van der Waals surface area (Å²) in [5.41, 5.74) is 0. The molecule has 0 amide bonds. The lowest BCUT2D eigenvalue weighted by Gasteiger charge is -2.18. The van der Waals surface area contributed by atoms with E-state index in [0.29, 0.717) is 34.3 Å². The zero-order valence-corrected chi connectivity index (χ0v) is 13.5. The molecule has 1 aromatic carbocycles. The Labute approximate surface area is 128 Å². The molecule has 0 bridgehead atoms. The van der Waals surface area contributed by atoms with E-state index in [1.165, 1.54) is 0 Å². The maximum absolute atomic E-state index is 12.6. The Hall–Kier alpha value is -0.140. The number of hydrogen-bond donors (Lipinski definition) is 1. The Balaban J connectivity index is 0.00000133. The average molecular weight is 368 g/mol. The van der Waals surface area contributed by atoms with Gasteiger partial charge in [0.05, 0.1) is 4.90 Å². The number of halogens is 2. The SMILES string of the molecule is Cl.O=S(=O)(c1ccccc1Br)N1C[C@H]2CNC[C@H]2C1. The van der Waals surface area contributed by atoms with Gasteiger partial charge in [-0.2, -0.15) is 4.31 Å². The molecule has 7 heteroatoms. The van der Waals surface area contributed by atoms with Crippen LogP contribution < -0.4 is 5.32 Å². The van der Waals surface area contributed by atoms with Crippen LogP contribution in [0.5, 0.6) is 0 Å². The average Bonchev–Trinajstić information content (AvgIpc) is 2.89. The van der Waals surface area contributed by atoms with Crippen molar-refractivity contribution in [2.24, 2.45) is 11.8 Å². The first-order valence-electron chi connectivity index (χ1n) is 6.04. The summed E-state index contributed by atoms with van der Waals surface area (Å²) in [5.74, 6) is 0.949. The number of hydrogen-bond acceptors (Lipinski definition) is 3. The minimum atomic E-state index is -3.35. The van der Waals surface area contributed by atoms with Gasteiger partial charge in [-0.3, -0.25) is 0 Å². The molecule has 0 aliphatic carbocycles. The lowest BCUT2D eigenvalue weighted by molar-refractivity contribution is 0.447. The summed E-state index contributed by atoms with van der Waals surface area (Å²) in [5, 5.41) is 3.32. The molecule has 2 atom stereocenters. The zero-order valence-electron chi connectivity index (χ0n) is 10.3. The predicted molar refractivity (Wildman–Crippen MR) is 80.0 cm³/mol. The van der Waals surface area contributed by atoms with Crippen LogP contribution in [-0.2, 0) is 10.0 Å². The molecule has 2 aliphatic heterocycles. The highest BCUT2D eigenvalue weighted by Gasteiger charge is 2.41. The van der Waals surface area contributed by atoms with Crippen LogP contribution in [-0.4, -0.2) is 38.9 Å². The van der Waals surface area contributed by atoms with E-state index in [-0.39, 0.29) is 12.4 Å². The minimum Gasteiger partial charge on any atom is -0.316 e. The Kier molecular flexibility index (Phi) is 4.57. The van der Waals surface area contributed by atoms with Crippen LogP contribution in [0.1, 0.15) is 0 Å². The van der Waals surface area contributed by atoms with Crippen molar-refractivity contribution in [3.63, 3.8) is 0 Å². The van der Waals surface area contributed by atoms with Crippen LogP contribution >= 0.6 is 28.3 Å². The normalized spacial score (nSPS) is 27.0. The molecule has 0 saturated carbocycles. The fourth-order valence-corrected chi connectivity index (χ4v) is 5.32. The Morgan fingerprint density at radius 3 is 2.32 bits per heavy atom. The van der Waals surface area contributed by atoms with Gasteiger partial charge in [0, 0.05) is 17.6 Å². The van der Waals surface area contributed by atoms with E-state index in [9.17, 15) is 8.42 Å². The van der Waals surface area contributed by atoms with Crippen molar-refractivity contribution in [1.82, 2.24) is 9.62 Å². The lowest BCUT2D eigenvalue weighted by Crippen LogP contribution is -2.32. The summed E-state index contributed by atoms with van der Waals surface area (Å²) >= 11 is 3.32. The lowest BCUT2D eigenvalue weighted by atomic mass is 10.0. The van der Waals surface area contributed by atoms with E-state index < -0.39 is 10.0 Å². The van der Waals surface area contributed by atoms with Crippen molar-refractivity contribution in [3.8, 4) is 0 Å². The van der Waals surface area contributed by atoms with E-state index in [1.54, 1.807) is 22.5 Å². The first-order valence-corrected chi connectivity index (χ1v) is 8.28. The Bertz CT molecular complexity index is 555. The minimum absolute atomic E-state index is 0. The highest BCUT2D eigenvalue weighted by Crippen LogP contribution is 2.32. The van der Waals surface area contributed by atoms with E-state index in [1.807, 2.05) is 6.07 Å². The quantitative estimate of drug-likeness (QED) is 0.866. The van der Waals surface area contributed by atoms with Gasteiger partial charge >= 0.3 is 0 Å². The maximum atomic E-state index is 12.6. The molecule has 0 aromatic heterocycles. The van der Waals surface area contributed by atoms with Crippen molar-refractivity contribution >= 4 is 38.4 Å². The highest BCUT2D eigenvalue weighted by molar-refractivity contribution is 9.10. The zero-order chi connectivity index (χ0) is 12.8. The van der Waals surface area contributed by atoms with Gasteiger partial charge in [0.1, 0.15) is 0 Å². The summed E-state index contributed by atoms with van der Waals surface area (Å²) in [7, 11) is -3.35. The van der Waals surface area contributed by atoms with Crippen molar-refractivity contribution in [3.05, 3.63) is 28.7 Å². The van der Waals surface area contributed by atoms with E-state index >= 15 is 0 Å². The second-order valence-electron chi connectivity index (χ2n) is 4.93. The van der Waals surface area contributed by atoms with Gasteiger partial charge in [-0.15, -0.1) is 12.4 Å². The summed E-state index contributed by atoms with van der Waals surface area (Å²) < 4.78 is 27.4. The number of benzene rings is 1. The van der Waals surface area contributed by atoms with Gasteiger partial charge in [0.15, 0.2) is 0 Å². The third-order valence-electron chi connectivity index (χ3n) is 3.81. The third kappa shape index (κ3) is 2.69. The molecule has 1 aromatic rings. The number of nitrogens with zero attached hydrogens (tertiary/aromatic N) is 1. The molecule has 2 aliphatic rings. The number of fused-ring (bicyclic) bond motifs is 1. The summed E-state index contributed by atoms with van der Waals surface area (Å²) in [4.78, 5) is 0.373. The molecule has 106 valence electrons. The summed E-state index contributed by atoms with van der Waals surface area (Å²) in [6.45, 7) is 3.15. The number of nitrogens with one attached hydrogen (secondary N) is 1. The van der Waals surface area contributed by atoms with Crippen molar-refractivity contribution in [2.45, 2.75) is 4.90 Å². The van der Waals surface area contributed by atoms with Crippen LogP contribution in [0.4, 0.5) is 0 Å². The second-order valence-corrected chi connectivity index (χ2v) is 7.69. The van der Waals surface area contributed by atoms with Crippen LogP contribution in [0.3, 0.4) is 0 Å². The monoisotopic (exact) mass is 366 g/mol. The predicted octanol–water partition coefficient (Wildman–Crippen LogP) is 1.71. The standard InChI is InChI=1S/C12H15BrN2O2S.ClH/c13-11-3-1-2-4-12(11)18(16,17)15-7-9-5-14-6-10(9)8-15;/h1-4,9-10,14H,5-8H2;1H/t9-,10+;. The second kappa shape index (κ2) is 5.69. The largest absolute Gasteiger partial charge is 0.316 e. The fourth-order valence-electron chi connectivity index (χ4n) is 2.80. The molecule has 0 radical (unpaired) electrons. The summed E-state index contributed by atoms with van der Waals surface area (Å²) in [6, 6.07) is 7.01. The van der Waals surface area contributed by atoms with Crippen molar-refractivity contribution in [2.75, 3.05) is 26.2 Å². The van der Waals surface area contributed by atoms with Crippen LogP contribution in [0.15, 0.2) is 33.6 Å². The maximum Gasteiger partial charge on any atom is 0.244 e. The molecular weight excluding hydrogens is 352 g/mol. The van der Waals surface area contributed by atoms with Gasteiger partial charge in [-0.1, -0.05) is 12.1 Å². The number of sulfonamides is 1. The number of rotatable bonds is 2. The van der Waals surface area contributed by atoms with Gasteiger partial charge < -0.3 is 5.32 Å². The smallest absolute Gasteiger partial charge is 0.244 e. The van der Waals surface area contributed by atoms with Gasteiger partial charge in [-0.25, -0.2) is 8.42 Å². The Morgan fingerprint density at radius 1 is 1.16 bits per heavy atom. The first-order chi connectivity index (χ1) is 8.59. The molecule has 2 heterocycles. The molecule has 3 rings (SSSR count). The van der Waals surface area contributed by atoms with Crippen molar-refractivity contribution < 1.29 is 8.42 Å². The molecule has 19 heavy (non-hydrogen) atoms. The molecule has 2 saturated heterocycles. The van der Waals surface area contributed by atoms with Crippen molar-refractivity contribution in [1.29, 1.82) is 0 Å². The highest BCUT2D eigenvalue weighted by atomic mass is 79.9. The first kappa shape index (κ1) is 15.3. The molecular formula is C12H16BrClN2O2S. The molecule has 0 unspecified atom stereocenters. The van der Waals surface area contributed by atoms with Crippen LogP contribution in [0.25, 0.3) is 0 Å². The molecule has 1 N–H and O–H groups in total. The fraction of sp³-hybridized carbons (Fsp3) is 0.500. The molecule has 4 nitrogen and oxygen atoms in total. The van der Waals surface area contributed by atoms with Gasteiger partial charge in [0.25, 0.3) is 0 Å². The Morgan fingerprint density at radius 2 is 1.74 bits per heavy atom. The molecule has 2 fully saturated rings. The van der Waals surface area contributed by atoms with E-state index in [2.05, 4.69) is 21.2 Å². The van der Waals surface area contributed by atoms with Crippen LogP contribution in [0, 0.1) is 11.8 Å². The summed E-state index contributed by atoms with van der Waals surface area (Å²) in [6.07, 6.45) is 0. The van der Waals surface area contributed by atoms with Crippen LogP contribution in [0.2, 0.25) is 0 Å².